The molecule has 3 aliphatic heterocycles. The zero-order valence-corrected chi connectivity index (χ0v) is 38.5. The Morgan fingerprint density at radius 2 is 1.80 bits per heavy atom. The third-order valence-corrected chi connectivity index (χ3v) is 12.6. The third kappa shape index (κ3) is 12.3. The molecule has 65 heavy (non-hydrogen) atoms. The summed E-state index contributed by atoms with van der Waals surface area (Å²) in [5, 5.41) is 23.6. The SMILES string of the molecule is Cc1cnc(NC(=O)Nc2cc(Br)c(C)cc2OC[C@@H]2CN(C(=O)CCCOCCOc3ccc(C(=O)NCC(C)(C)[C@H]4Nc5ccc([N+](=O)[O-])cc5[C@H]5OCC[C@H]54)cc3)CCO2)cn1. The van der Waals surface area contributed by atoms with Crippen LogP contribution in [0.3, 0.4) is 0 Å². The molecule has 4 amide bonds. The number of nitrogens with zero attached hydrogens (tertiary/aromatic N) is 4. The topological polar surface area (TPSA) is 218 Å². The number of benzene rings is 3. The van der Waals surface area contributed by atoms with E-state index in [2.05, 4.69) is 61.0 Å². The predicted molar refractivity (Wildman–Crippen MR) is 246 cm³/mol. The number of nitro groups is 1. The van der Waals surface area contributed by atoms with E-state index < -0.39 is 11.0 Å². The summed E-state index contributed by atoms with van der Waals surface area (Å²) in [4.78, 5) is 60.1. The number of halogens is 1. The molecule has 3 aromatic carbocycles. The number of rotatable bonds is 18. The van der Waals surface area contributed by atoms with Crippen LogP contribution in [0, 0.1) is 35.3 Å². The molecule has 1 aromatic heterocycles. The van der Waals surface area contributed by atoms with Crippen LogP contribution in [-0.4, -0.2) is 109 Å². The van der Waals surface area contributed by atoms with Crippen LogP contribution in [0.15, 0.2) is 71.5 Å². The summed E-state index contributed by atoms with van der Waals surface area (Å²) in [6.45, 7) is 11.3. The zero-order chi connectivity index (χ0) is 46.1. The fraction of sp³-hybridized carbons (Fsp3) is 0.457. The Hall–Kier alpha value is -5.89. The van der Waals surface area contributed by atoms with E-state index in [9.17, 15) is 24.5 Å². The molecule has 0 saturated carbocycles. The summed E-state index contributed by atoms with van der Waals surface area (Å²) in [6, 6.07) is 14.8. The van der Waals surface area contributed by atoms with Gasteiger partial charge in [0.05, 0.1) is 54.6 Å². The molecule has 3 aliphatic rings. The number of hydrogen-bond donors (Lipinski definition) is 4. The number of nitro benzene ring substituents is 1. The lowest BCUT2D eigenvalue weighted by atomic mass is 9.71. The molecule has 19 heteroatoms. The molecule has 346 valence electrons. The van der Waals surface area contributed by atoms with Crippen LogP contribution in [0.5, 0.6) is 11.5 Å². The van der Waals surface area contributed by atoms with Crippen molar-refractivity contribution >= 4 is 56.7 Å². The first-order chi connectivity index (χ1) is 31.2. The number of nitrogens with one attached hydrogen (secondary N) is 4. The summed E-state index contributed by atoms with van der Waals surface area (Å²) >= 11 is 3.52. The molecule has 4 heterocycles. The Morgan fingerprint density at radius 3 is 2.57 bits per heavy atom. The molecule has 0 unspecified atom stereocenters. The third-order valence-electron chi connectivity index (χ3n) is 11.7. The monoisotopic (exact) mass is 958 g/mol. The second-order valence-corrected chi connectivity index (χ2v) is 17.9. The Kier molecular flexibility index (Phi) is 15.5. The number of aryl methyl sites for hydroxylation is 2. The first kappa shape index (κ1) is 47.1. The van der Waals surface area contributed by atoms with Gasteiger partial charge in [-0.05, 0) is 74.7 Å². The lowest BCUT2D eigenvalue weighted by Crippen LogP contribution is -2.51. The molecule has 0 radical (unpaired) electrons. The van der Waals surface area contributed by atoms with Crippen molar-refractivity contribution in [1.82, 2.24) is 20.2 Å². The second kappa shape index (κ2) is 21.4. The summed E-state index contributed by atoms with van der Waals surface area (Å²) in [6.07, 6.45) is 4.12. The normalized spacial score (nSPS) is 19.0. The van der Waals surface area contributed by atoms with Gasteiger partial charge < -0.3 is 44.5 Å². The minimum atomic E-state index is -0.503. The van der Waals surface area contributed by atoms with Crippen LogP contribution in [-0.2, 0) is 19.0 Å². The van der Waals surface area contributed by atoms with E-state index in [0.29, 0.717) is 94.1 Å². The predicted octanol–water partition coefficient (Wildman–Crippen LogP) is 7.22. The molecule has 0 spiro atoms. The summed E-state index contributed by atoms with van der Waals surface area (Å²) in [7, 11) is 0. The van der Waals surface area contributed by atoms with Crippen molar-refractivity contribution in [1.29, 1.82) is 0 Å². The van der Waals surface area contributed by atoms with Gasteiger partial charge in [-0.2, -0.15) is 0 Å². The number of urea groups is 1. The fourth-order valence-electron chi connectivity index (χ4n) is 8.20. The van der Waals surface area contributed by atoms with Crippen molar-refractivity contribution in [3.05, 3.63) is 104 Å². The molecular weight excluding hydrogens is 904 g/mol. The van der Waals surface area contributed by atoms with Crippen LogP contribution < -0.4 is 30.7 Å². The molecule has 0 aliphatic carbocycles. The second-order valence-electron chi connectivity index (χ2n) is 17.0. The van der Waals surface area contributed by atoms with Crippen molar-refractivity contribution in [2.24, 2.45) is 11.3 Å². The first-order valence-electron chi connectivity index (χ1n) is 21.7. The van der Waals surface area contributed by atoms with Crippen molar-refractivity contribution in [2.75, 3.05) is 75.2 Å². The number of hydrogen-bond acceptors (Lipinski definition) is 13. The maximum Gasteiger partial charge on any atom is 0.325 e. The van der Waals surface area contributed by atoms with Gasteiger partial charge in [0.25, 0.3) is 11.6 Å². The van der Waals surface area contributed by atoms with E-state index in [4.69, 9.17) is 23.7 Å². The quantitative estimate of drug-likeness (QED) is 0.0441. The summed E-state index contributed by atoms with van der Waals surface area (Å²) < 4.78 is 30.5. The number of carbonyl (C=O) groups excluding carboxylic acids is 3. The highest BCUT2D eigenvalue weighted by atomic mass is 79.9. The Morgan fingerprint density at radius 1 is 0.985 bits per heavy atom. The van der Waals surface area contributed by atoms with Gasteiger partial charge in [0.2, 0.25) is 5.91 Å². The molecule has 0 bridgehead atoms. The molecule has 2 saturated heterocycles. The van der Waals surface area contributed by atoms with E-state index in [-0.39, 0.29) is 53.7 Å². The van der Waals surface area contributed by atoms with Gasteiger partial charge in [-0.3, -0.25) is 30.0 Å². The van der Waals surface area contributed by atoms with E-state index in [1.807, 2.05) is 19.9 Å². The number of fused-ring (bicyclic) bond motifs is 3. The van der Waals surface area contributed by atoms with Crippen LogP contribution in [0.25, 0.3) is 0 Å². The molecular formula is C46H55BrN8O10. The Labute approximate surface area is 385 Å². The van der Waals surface area contributed by atoms with Crippen LogP contribution >= 0.6 is 15.9 Å². The van der Waals surface area contributed by atoms with Crippen molar-refractivity contribution < 1.29 is 43.0 Å². The van der Waals surface area contributed by atoms with Crippen LogP contribution in [0.2, 0.25) is 0 Å². The zero-order valence-electron chi connectivity index (χ0n) is 36.9. The molecule has 4 N–H and O–H groups in total. The first-order valence-corrected chi connectivity index (χ1v) is 22.5. The number of anilines is 3. The van der Waals surface area contributed by atoms with Gasteiger partial charge in [0.15, 0.2) is 5.82 Å². The van der Waals surface area contributed by atoms with Gasteiger partial charge in [-0.15, -0.1) is 0 Å². The van der Waals surface area contributed by atoms with Gasteiger partial charge in [-0.1, -0.05) is 29.8 Å². The number of ether oxygens (including phenoxy) is 5. The standard InChI is InChI=1S/C46H55BrN8O10/c1-28-20-39(38(22-36(28)47)52-45(58)53-40-24-48-29(2)23-49-40)65-26-33-25-54(14-17-62-33)41(56)6-5-15-61-18-19-63-32-10-7-30(8-11-32)44(57)50-27-46(3,4)43-34-13-16-64-42(34)35-21-31(55(59)60)9-12-37(35)51-43/h7-12,20-24,33-34,42-43,51H,5-6,13-19,25-27H2,1-4H3,(H,50,57)(H2,49,52,53,58)/t33-,34+,42-,43-/m0/s1. The van der Waals surface area contributed by atoms with Crippen molar-refractivity contribution in [3.63, 3.8) is 0 Å². The minimum Gasteiger partial charge on any atom is -0.491 e. The molecule has 7 rings (SSSR count). The highest BCUT2D eigenvalue weighted by Gasteiger charge is 2.47. The fourth-order valence-corrected chi connectivity index (χ4v) is 8.55. The largest absolute Gasteiger partial charge is 0.491 e. The summed E-state index contributed by atoms with van der Waals surface area (Å²) in [5.74, 6) is 1.28. The van der Waals surface area contributed by atoms with Gasteiger partial charge in [-0.25, -0.2) is 9.78 Å². The number of morpholine rings is 1. The van der Waals surface area contributed by atoms with Gasteiger partial charge in [0.1, 0.15) is 30.8 Å². The maximum absolute atomic E-state index is 13.2. The van der Waals surface area contributed by atoms with Crippen molar-refractivity contribution in [3.8, 4) is 11.5 Å². The molecule has 4 atom stereocenters. The van der Waals surface area contributed by atoms with E-state index in [1.54, 1.807) is 53.6 Å². The molecule has 4 aromatic rings. The highest BCUT2D eigenvalue weighted by molar-refractivity contribution is 9.10. The van der Waals surface area contributed by atoms with Crippen LogP contribution in [0.4, 0.5) is 27.7 Å². The number of non-ortho nitro benzene ring substituents is 1. The van der Waals surface area contributed by atoms with Gasteiger partial charge in [0, 0.05) is 83.5 Å². The average Bonchev–Trinajstić information content (AvgIpc) is 3.80. The lowest BCUT2D eigenvalue weighted by molar-refractivity contribution is -0.385. The number of amides is 4. The van der Waals surface area contributed by atoms with E-state index in [0.717, 1.165) is 33.4 Å². The van der Waals surface area contributed by atoms with Gasteiger partial charge >= 0.3 is 6.03 Å². The number of carbonyl (C=O) groups is 3. The van der Waals surface area contributed by atoms with Crippen LogP contribution in [0.1, 0.15) is 66.4 Å². The van der Waals surface area contributed by atoms with E-state index in [1.165, 1.54) is 12.3 Å². The average molecular weight is 960 g/mol. The summed E-state index contributed by atoms with van der Waals surface area (Å²) in [5.41, 5.74) is 3.90. The minimum absolute atomic E-state index is 0.00658. The van der Waals surface area contributed by atoms with E-state index >= 15 is 0 Å². The Balaban J connectivity index is 0.780. The molecule has 18 nitrogen and oxygen atoms in total. The number of aromatic nitrogens is 2. The van der Waals surface area contributed by atoms with Crippen molar-refractivity contribution in [2.45, 2.75) is 65.2 Å². The highest BCUT2D eigenvalue weighted by Crippen LogP contribution is 2.49. The Bertz CT molecular complexity index is 2330. The molecule has 2 fully saturated rings. The lowest BCUT2D eigenvalue weighted by Gasteiger charge is -2.44. The smallest absolute Gasteiger partial charge is 0.325 e. The maximum atomic E-state index is 13.2.